The molecule has 1 atom stereocenters. The normalized spacial score (nSPS) is 18.8. The van der Waals surface area contributed by atoms with Gasteiger partial charge in [-0.2, -0.15) is 0 Å². The number of nitrogens with zero attached hydrogens (tertiary/aromatic N) is 2. The first kappa shape index (κ1) is 12.0. The van der Waals surface area contributed by atoms with Crippen LogP contribution < -0.4 is 0 Å². The van der Waals surface area contributed by atoms with Crippen molar-refractivity contribution in [3.63, 3.8) is 0 Å². The van der Waals surface area contributed by atoms with Crippen LogP contribution in [0.4, 0.5) is 0 Å². The van der Waals surface area contributed by atoms with E-state index in [2.05, 4.69) is 4.90 Å². The van der Waals surface area contributed by atoms with Crippen molar-refractivity contribution in [3.8, 4) is 0 Å². The molecular formula is C13H18N2O2. The molecule has 0 amide bonds. The van der Waals surface area contributed by atoms with Crippen LogP contribution in [-0.2, 0) is 0 Å². The summed E-state index contributed by atoms with van der Waals surface area (Å²) in [7, 11) is 0. The summed E-state index contributed by atoms with van der Waals surface area (Å²) in [6.07, 6.45) is 3.59. The Morgan fingerprint density at radius 3 is 2.41 bits per heavy atom. The van der Waals surface area contributed by atoms with Gasteiger partial charge in [0.15, 0.2) is 0 Å². The molecule has 1 aliphatic rings. The van der Waals surface area contributed by atoms with E-state index < -0.39 is 6.04 Å². The molecule has 0 N–H and O–H groups in total. The van der Waals surface area contributed by atoms with Gasteiger partial charge in [-0.05, 0) is 25.9 Å². The molecule has 1 aromatic rings. The fraction of sp³-hybridized carbons (Fsp3) is 0.538. The van der Waals surface area contributed by atoms with Gasteiger partial charge in [0.2, 0.25) is 0 Å². The van der Waals surface area contributed by atoms with Crippen molar-refractivity contribution < 1.29 is 4.92 Å². The average Bonchev–Trinajstić information content (AvgIpc) is 2.38. The molecule has 1 heterocycles. The zero-order valence-corrected chi connectivity index (χ0v) is 9.92. The second-order valence-electron chi connectivity index (χ2n) is 4.57. The van der Waals surface area contributed by atoms with Gasteiger partial charge < -0.3 is 0 Å². The lowest BCUT2D eigenvalue weighted by atomic mass is 10.1. The minimum absolute atomic E-state index is 0.163. The van der Waals surface area contributed by atoms with Crippen LogP contribution in [0.3, 0.4) is 0 Å². The van der Waals surface area contributed by atoms with Crippen LogP contribution in [0.1, 0.15) is 30.9 Å². The Labute approximate surface area is 101 Å². The monoisotopic (exact) mass is 234 g/mol. The SMILES string of the molecule is O=[N+]([O-])C(CN1CCCCC1)c1ccccc1. The topological polar surface area (TPSA) is 46.4 Å². The van der Waals surface area contributed by atoms with Crippen LogP contribution in [-0.4, -0.2) is 29.5 Å². The number of benzene rings is 1. The highest BCUT2D eigenvalue weighted by molar-refractivity contribution is 5.17. The minimum atomic E-state index is -0.589. The first-order valence-corrected chi connectivity index (χ1v) is 6.18. The van der Waals surface area contributed by atoms with E-state index in [4.69, 9.17) is 0 Å². The van der Waals surface area contributed by atoms with Crippen LogP contribution in [0.5, 0.6) is 0 Å². The number of hydrogen-bond donors (Lipinski definition) is 0. The largest absolute Gasteiger partial charge is 0.296 e. The number of nitro groups is 1. The quantitative estimate of drug-likeness (QED) is 0.594. The molecule has 1 aliphatic heterocycles. The highest BCUT2D eigenvalue weighted by Gasteiger charge is 2.26. The molecular weight excluding hydrogens is 216 g/mol. The molecule has 17 heavy (non-hydrogen) atoms. The first-order valence-electron chi connectivity index (χ1n) is 6.18. The summed E-state index contributed by atoms with van der Waals surface area (Å²) in [5.41, 5.74) is 0.808. The van der Waals surface area contributed by atoms with Gasteiger partial charge in [-0.15, -0.1) is 0 Å². The molecule has 0 spiro atoms. The third-order valence-electron chi connectivity index (χ3n) is 3.32. The Balaban J connectivity index is 2.05. The van der Waals surface area contributed by atoms with E-state index in [1.54, 1.807) is 0 Å². The predicted octanol–water partition coefficient (Wildman–Crippen LogP) is 2.49. The fourth-order valence-electron chi connectivity index (χ4n) is 2.36. The Kier molecular flexibility index (Phi) is 4.09. The van der Waals surface area contributed by atoms with Gasteiger partial charge >= 0.3 is 0 Å². The maximum atomic E-state index is 11.2. The maximum Gasteiger partial charge on any atom is 0.250 e. The highest BCUT2D eigenvalue weighted by atomic mass is 16.6. The predicted molar refractivity (Wildman–Crippen MR) is 66.5 cm³/mol. The third-order valence-corrected chi connectivity index (χ3v) is 3.32. The Bertz CT molecular complexity index is 361. The zero-order chi connectivity index (χ0) is 12.1. The second kappa shape index (κ2) is 5.77. The molecule has 4 nitrogen and oxygen atoms in total. The van der Waals surface area contributed by atoms with Crippen LogP contribution in [0, 0.1) is 10.1 Å². The van der Waals surface area contributed by atoms with Crippen LogP contribution in [0.2, 0.25) is 0 Å². The van der Waals surface area contributed by atoms with Crippen LogP contribution in [0.25, 0.3) is 0 Å². The number of rotatable bonds is 4. The van der Waals surface area contributed by atoms with E-state index in [0.29, 0.717) is 6.54 Å². The van der Waals surface area contributed by atoms with E-state index in [1.165, 1.54) is 19.3 Å². The standard InChI is InChI=1S/C13H18N2O2/c16-15(17)13(12-7-3-1-4-8-12)11-14-9-5-2-6-10-14/h1,3-4,7-8,13H,2,5-6,9-11H2. The van der Waals surface area contributed by atoms with E-state index >= 15 is 0 Å². The molecule has 1 fully saturated rings. The number of likely N-dealkylation sites (tertiary alicyclic amines) is 1. The second-order valence-corrected chi connectivity index (χ2v) is 4.57. The molecule has 1 saturated heterocycles. The summed E-state index contributed by atoms with van der Waals surface area (Å²) in [5, 5.41) is 11.2. The lowest BCUT2D eigenvalue weighted by molar-refractivity contribution is -0.529. The molecule has 0 aliphatic carbocycles. The number of piperidine rings is 1. The zero-order valence-electron chi connectivity index (χ0n) is 9.92. The molecule has 0 aromatic heterocycles. The fourth-order valence-corrected chi connectivity index (χ4v) is 2.36. The van der Waals surface area contributed by atoms with Gasteiger partial charge in [-0.1, -0.05) is 36.8 Å². The molecule has 1 aromatic carbocycles. The van der Waals surface area contributed by atoms with Gasteiger partial charge in [0.1, 0.15) is 0 Å². The van der Waals surface area contributed by atoms with Crippen molar-refractivity contribution in [2.75, 3.05) is 19.6 Å². The molecule has 0 radical (unpaired) electrons. The smallest absolute Gasteiger partial charge is 0.250 e. The van der Waals surface area contributed by atoms with Crippen molar-refractivity contribution in [1.29, 1.82) is 0 Å². The van der Waals surface area contributed by atoms with Crippen molar-refractivity contribution in [2.45, 2.75) is 25.3 Å². The first-order chi connectivity index (χ1) is 8.27. The van der Waals surface area contributed by atoms with Crippen molar-refractivity contribution in [3.05, 3.63) is 46.0 Å². The minimum Gasteiger partial charge on any atom is -0.296 e. The summed E-state index contributed by atoms with van der Waals surface area (Å²) in [6, 6.07) is 8.72. The van der Waals surface area contributed by atoms with Crippen molar-refractivity contribution in [1.82, 2.24) is 4.90 Å². The molecule has 2 rings (SSSR count). The Hall–Kier alpha value is -1.42. The van der Waals surface area contributed by atoms with Gasteiger partial charge in [0, 0.05) is 10.5 Å². The van der Waals surface area contributed by atoms with Crippen LogP contribution >= 0.6 is 0 Å². The van der Waals surface area contributed by atoms with Gasteiger partial charge in [0.25, 0.3) is 6.04 Å². The van der Waals surface area contributed by atoms with Gasteiger partial charge in [-0.25, -0.2) is 0 Å². The van der Waals surface area contributed by atoms with Crippen LogP contribution in [0.15, 0.2) is 30.3 Å². The van der Waals surface area contributed by atoms with Gasteiger partial charge in [0.05, 0.1) is 6.54 Å². The van der Waals surface area contributed by atoms with E-state index in [1.807, 2.05) is 30.3 Å². The van der Waals surface area contributed by atoms with E-state index in [0.717, 1.165) is 18.7 Å². The van der Waals surface area contributed by atoms with Gasteiger partial charge in [-0.3, -0.25) is 15.0 Å². The lowest BCUT2D eigenvalue weighted by Gasteiger charge is -2.27. The lowest BCUT2D eigenvalue weighted by Crippen LogP contribution is -2.35. The summed E-state index contributed by atoms with van der Waals surface area (Å²) < 4.78 is 0. The molecule has 4 heteroatoms. The Morgan fingerprint density at radius 2 is 1.82 bits per heavy atom. The van der Waals surface area contributed by atoms with E-state index in [-0.39, 0.29) is 4.92 Å². The summed E-state index contributed by atoms with van der Waals surface area (Å²) in [4.78, 5) is 13.2. The van der Waals surface area contributed by atoms with Crippen molar-refractivity contribution in [2.24, 2.45) is 0 Å². The molecule has 0 bridgehead atoms. The third kappa shape index (κ3) is 3.27. The summed E-state index contributed by atoms with van der Waals surface area (Å²) in [5.74, 6) is 0. The highest BCUT2D eigenvalue weighted by Crippen LogP contribution is 2.19. The summed E-state index contributed by atoms with van der Waals surface area (Å²) in [6.45, 7) is 2.53. The average molecular weight is 234 g/mol. The molecule has 0 saturated carbocycles. The molecule has 92 valence electrons. The molecule has 1 unspecified atom stereocenters. The maximum absolute atomic E-state index is 11.2. The number of hydrogen-bond acceptors (Lipinski definition) is 3. The Morgan fingerprint density at radius 1 is 1.18 bits per heavy atom. The van der Waals surface area contributed by atoms with E-state index in [9.17, 15) is 10.1 Å². The van der Waals surface area contributed by atoms with Crippen molar-refractivity contribution >= 4 is 0 Å². The summed E-state index contributed by atoms with van der Waals surface area (Å²) >= 11 is 0.